The second-order valence-corrected chi connectivity index (χ2v) is 5.17. The zero-order valence-electron chi connectivity index (χ0n) is 12.0. The van der Waals surface area contributed by atoms with Crippen LogP contribution < -0.4 is 5.32 Å². The van der Waals surface area contributed by atoms with Gasteiger partial charge in [0.05, 0.1) is 0 Å². The highest BCUT2D eigenvalue weighted by molar-refractivity contribution is 6.30. The third-order valence-corrected chi connectivity index (χ3v) is 3.47. The molecule has 106 valence electrons. The van der Waals surface area contributed by atoms with Crippen LogP contribution in [0.3, 0.4) is 0 Å². The second kappa shape index (κ2) is 7.25. The molecule has 0 atom stereocenters. The fourth-order valence-corrected chi connectivity index (χ4v) is 2.38. The van der Waals surface area contributed by atoms with Gasteiger partial charge in [-0.1, -0.05) is 50.4 Å². The quantitative estimate of drug-likeness (QED) is 0.778. The number of aryl methyl sites for hydroxylation is 1. The van der Waals surface area contributed by atoms with Gasteiger partial charge in [-0.3, -0.25) is 0 Å². The molecule has 0 aliphatic heterocycles. The maximum Gasteiger partial charge on any atom is 0.138 e. The monoisotopic (exact) mass is 289 g/mol. The van der Waals surface area contributed by atoms with Gasteiger partial charge in [-0.2, -0.15) is 0 Å². The highest BCUT2D eigenvalue weighted by Gasteiger charge is 2.09. The van der Waals surface area contributed by atoms with Crippen molar-refractivity contribution in [3.8, 4) is 0 Å². The average Bonchev–Trinajstić information content (AvgIpc) is 2.45. The summed E-state index contributed by atoms with van der Waals surface area (Å²) in [5.41, 5.74) is 3.36. The van der Waals surface area contributed by atoms with E-state index in [1.165, 1.54) is 11.9 Å². The summed E-state index contributed by atoms with van der Waals surface area (Å²) in [4.78, 5) is 8.36. The van der Waals surface area contributed by atoms with Crippen LogP contribution >= 0.6 is 11.6 Å². The Labute approximate surface area is 125 Å². The molecule has 0 fully saturated rings. The van der Waals surface area contributed by atoms with Gasteiger partial charge in [0.2, 0.25) is 0 Å². The Kier molecular flexibility index (Phi) is 5.36. The number of nitrogens with zero attached hydrogens (tertiary/aromatic N) is 2. The second-order valence-electron chi connectivity index (χ2n) is 4.81. The fourth-order valence-electron chi connectivity index (χ4n) is 2.15. The van der Waals surface area contributed by atoms with Crippen LogP contribution in [-0.2, 0) is 12.8 Å². The number of anilines is 2. The summed E-state index contributed by atoms with van der Waals surface area (Å²) in [5, 5.41) is 3.87. The van der Waals surface area contributed by atoms with E-state index in [0.29, 0.717) is 5.15 Å². The van der Waals surface area contributed by atoms with E-state index in [-0.39, 0.29) is 0 Å². The summed E-state index contributed by atoms with van der Waals surface area (Å²) in [6.45, 7) is 4.30. The van der Waals surface area contributed by atoms with Crippen LogP contribution in [0.1, 0.15) is 37.8 Å². The first-order valence-electron chi connectivity index (χ1n) is 7.10. The molecule has 1 N–H and O–H groups in total. The molecule has 0 spiro atoms. The Balaban J connectivity index is 2.19. The van der Waals surface area contributed by atoms with E-state index in [1.807, 2.05) is 0 Å². The Morgan fingerprint density at radius 3 is 2.35 bits per heavy atom. The Bertz CT molecular complexity index is 552. The molecule has 0 bridgehead atoms. The number of nitrogens with one attached hydrogen (secondary N) is 1. The van der Waals surface area contributed by atoms with Crippen molar-refractivity contribution < 1.29 is 0 Å². The summed E-state index contributed by atoms with van der Waals surface area (Å²) in [6.07, 6.45) is 5.65. The van der Waals surface area contributed by atoms with Crippen molar-refractivity contribution in [2.75, 3.05) is 5.32 Å². The average molecular weight is 290 g/mol. The van der Waals surface area contributed by atoms with Crippen LogP contribution in [0.15, 0.2) is 30.6 Å². The van der Waals surface area contributed by atoms with Crippen LogP contribution in [0.4, 0.5) is 11.5 Å². The van der Waals surface area contributed by atoms with Gasteiger partial charge >= 0.3 is 0 Å². The van der Waals surface area contributed by atoms with Crippen molar-refractivity contribution in [3.05, 3.63) is 46.9 Å². The third kappa shape index (κ3) is 3.70. The lowest BCUT2D eigenvalue weighted by Gasteiger charge is -2.11. The molecule has 0 aliphatic rings. The minimum absolute atomic E-state index is 0.534. The summed E-state index contributed by atoms with van der Waals surface area (Å²) >= 11 is 6.15. The summed E-state index contributed by atoms with van der Waals surface area (Å²) in [5.74, 6) is 0.801. The minimum atomic E-state index is 0.534. The molecule has 0 aliphatic carbocycles. The van der Waals surface area contributed by atoms with Crippen molar-refractivity contribution in [1.29, 1.82) is 0 Å². The fraction of sp³-hybridized carbons (Fsp3) is 0.375. The molecular weight excluding hydrogens is 270 g/mol. The van der Waals surface area contributed by atoms with Gasteiger partial charge in [0.25, 0.3) is 0 Å². The third-order valence-electron chi connectivity index (χ3n) is 3.15. The Morgan fingerprint density at radius 2 is 1.70 bits per heavy atom. The van der Waals surface area contributed by atoms with Gasteiger partial charge in [-0.25, -0.2) is 9.97 Å². The lowest BCUT2D eigenvalue weighted by atomic mass is 10.1. The molecule has 1 aromatic carbocycles. The maximum atomic E-state index is 6.15. The summed E-state index contributed by atoms with van der Waals surface area (Å²) < 4.78 is 0. The predicted molar refractivity (Wildman–Crippen MR) is 84.8 cm³/mol. The van der Waals surface area contributed by atoms with Gasteiger partial charge in [-0.15, -0.1) is 0 Å². The standard InChI is InChI=1S/C16H20ClN3/c1-3-5-12-7-9-13(10-8-12)20-16-14(6-4-2)15(17)18-11-19-16/h7-11H,3-6H2,1-2H3,(H,18,19,20). The topological polar surface area (TPSA) is 37.8 Å². The van der Waals surface area contributed by atoms with Crippen molar-refractivity contribution in [2.24, 2.45) is 0 Å². The number of hydrogen-bond acceptors (Lipinski definition) is 3. The maximum absolute atomic E-state index is 6.15. The Morgan fingerprint density at radius 1 is 1.00 bits per heavy atom. The lowest BCUT2D eigenvalue weighted by Crippen LogP contribution is -2.01. The van der Waals surface area contributed by atoms with Crippen LogP contribution in [-0.4, -0.2) is 9.97 Å². The number of hydrogen-bond donors (Lipinski definition) is 1. The lowest BCUT2D eigenvalue weighted by molar-refractivity contribution is 0.904. The normalized spacial score (nSPS) is 10.6. The van der Waals surface area contributed by atoms with E-state index < -0.39 is 0 Å². The van der Waals surface area contributed by atoms with Crippen molar-refractivity contribution in [2.45, 2.75) is 39.5 Å². The van der Waals surface area contributed by atoms with Gasteiger partial charge in [0, 0.05) is 11.3 Å². The van der Waals surface area contributed by atoms with Crippen LogP contribution in [0.5, 0.6) is 0 Å². The molecule has 2 aromatic rings. The van der Waals surface area contributed by atoms with Crippen molar-refractivity contribution in [1.82, 2.24) is 9.97 Å². The molecule has 20 heavy (non-hydrogen) atoms. The molecule has 3 nitrogen and oxygen atoms in total. The first-order valence-corrected chi connectivity index (χ1v) is 7.47. The molecule has 1 heterocycles. The number of aromatic nitrogens is 2. The number of benzene rings is 1. The first-order chi connectivity index (χ1) is 9.74. The highest BCUT2D eigenvalue weighted by atomic mass is 35.5. The van der Waals surface area contributed by atoms with E-state index in [2.05, 4.69) is 53.4 Å². The first kappa shape index (κ1) is 14.8. The number of rotatable bonds is 6. The Hall–Kier alpha value is -1.61. The van der Waals surface area contributed by atoms with E-state index in [9.17, 15) is 0 Å². The molecule has 0 amide bonds. The molecule has 0 saturated heterocycles. The van der Waals surface area contributed by atoms with Gasteiger partial charge in [0.15, 0.2) is 0 Å². The van der Waals surface area contributed by atoms with Gasteiger partial charge < -0.3 is 5.32 Å². The molecule has 0 saturated carbocycles. The van der Waals surface area contributed by atoms with E-state index in [1.54, 1.807) is 0 Å². The van der Waals surface area contributed by atoms with E-state index in [4.69, 9.17) is 11.6 Å². The zero-order chi connectivity index (χ0) is 14.4. The van der Waals surface area contributed by atoms with E-state index >= 15 is 0 Å². The predicted octanol–water partition coefficient (Wildman–Crippen LogP) is 4.78. The van der Waals surface area contributed by atoms with Crippen molar-refractivity contribution >= 4 is 23.1 Å². The van der Waals surface area contributed by atoms with Gasteiger partial charge in [0.1, 0.15) is 17.3 Å². The molecule has 4 heteroatoms. The molecule has 2 rings (SSSR count). The van der Waals surface area contributed by atoms with Gasteiger partial charge in [-0.05, 0) is 30.5 Å². The number of halogens is 1. The molecule has 0 radical (unpaired) electrons. The molecule has 1 aromatic heterocycles. The smallest absolute Gasteiger partial charge is 0.138 e. The highest BCUT2D eigenvalue weighted by Crippen LogP contribution is 2.24. The van der Waals surface area contributed by atoms with E-state index in [0.717, 1.165) is 42.8 Å². The van der Waals surface area contributed by atoms with Crippen molar-refractivity contribution in [3.63, 3.8) is 0 Å². The molecule has 0 unspecified atom stereocenters. The zero-order valence-corrected chi connectivity index (χ0v) is 12.7. The SMILES string of the molecule is CCCc1ccc(Nc2ncnc(Cl)c2CCC)cc1. The molecular formula is C16H20ClN3. The summed E-state index contributed by atoms with van der Waals surface area (Å²) in [7, 11) is 0. The van der Waals surface area contributed by atoms with Crippen LogP contribution in [0.2, 0.25) is 5.15 Å². The summed E-state index contributed by atoms with van der Waals surface area (Å²) in [6, 6.07) is 8.45. The van der Waals surface area contributed by atoms with Crippen LogP contribution in [0, 0.1) is 0 Å². The minimum Gasteiger partial charge on any atom is -0.340 e. The van der Waals surface area contributed by atoms with Crippen LogP contribution in [0.25, 0.3) is 0 Å². The largest absolute Gasteiger partial charge is 0.340 e.